The van der Waals surface area contributed by atoms with E-state index in [9.17, 15) is 17.6 Å². The van der Waals surface area contributed by atoms with E-state index in [1.165, 1.54) is 17.0 Å². The first-order chi connectivity index (χ1) is 8.70. The van der Waals surface area contributed by atoms with Crippen LogP contribution in [0.1, 0.15) is 6.42 Å². The number of benzene rings is 1. The number of halogens is 4. The number of anilines is 1. The highest BCUT2D eigenvalue weighted by atomic mass is 35.7. The fraction of sp³-hybridized carbons (Fsp3) is 0.300. The predicted octanol–water partition coefficient (Wildman–Crippen LogP) is 2.81. The van der Waals surface area contributed by atoms with Crippen molar-refractivity contribution in [2.75, 3.05) is 11.4 Å². The number of carbonyl (C=O) groups is 1. The molecule has 0 spiro atoms. The van der Waals surface area contributed by atoms with Crippen molar-refractivity contribution in [2.24, 2.45) is 0 Å². The predicted molar refractivity (Wildman–Crippen MR) is 72.0 cm³/mol. The third-order valence-electron chi connectivity index (χ3n) is 2.77. The molecule has 0 radical (unpaired) electrons. The van der Waals surface area contributed by atoms with Crippen LogP contribution in [-0.4, -0.2) is 26.1 Å². The molecule has 1 atom stereocenters. The molecule has 1 amide bonds. The van der Waals surface area contributed by atoms with E-state index >= 15 is 0 Å². The van der Waals surface area contributed by atoms with E-state index in [0.29, 0.717) is 0 Å². The summed E-state index contributed by atoms with van der Waals surface area (Å²) in [5.41, 5.74) is 0.240. The number of hydrogen-bond donors (Lipinski definition) is 0. The molecule has 2 rings (SSSR count). The summed E-state index contributed by atoms with van der Waals surface area (Å²) >= 11 is 11.3. The van der Waals surface area contributed by atoms with E-state index in [4.69, 9.17) is 33.9 Å². The molecular formula is C10H7Cl3FNO3S. The summed E-state index contributed by atoms with van der Waals surface area (Å²) in [4.78, 5) is 12.9. The van der Waals surface area contributed by atoms with Gasteiger partial charge in [-0.05, 0) is 12.1 Å². The van der Waals surface area contributed by atoms with Crippen LogP contribution in [0.25, 0.3) is 0 Å². The maximum atomic E-state index is 13.3. The van der Waals surface area contributed by atoms with Crippen molar-refractivity contribution >= 4 is 54.5 Å². The van der Waals surface area contributed by atoms with E-state index in [0.717, 1.165) is 0 Å². The molecule has 0 aliphatic carbocycles. The van der Waals surface area contributed by atoms with Gasteiger partial charge in [-0.3, -0.25) is 4.79 Å². The Kier molecular flexibility index (Phi) is 3.97. The molecule has 0 N–H and O–H groups in total. The highest BCUT2D eigenvalue weighted by Crippen LogP contribution is 2.33. The minimum Gasteiger partial charge on any atom is -0.311 e. The average molecular weight is 347 g/mol. The van der Waals surface area contributed by atoms with Crippen molar-refractivity contribution in [1.29, 1.82) is 0 Å². The van der Waals surface area contributed by atoms with Crippen LogP contribution in [0.4, 0.5) is 10.1 Å². The van der Waals surface area contributed by atoms with Gasteiger partial charge in [0.25, 0.3) is 0 Å². The Morgan fingerprint density at radius 1 is 1.26 bits per heavy atom. The van der Waals surface area contributed by atoms with E-state index < -0.39 is 26.0 Å². The molecule has 1 heterocycles. The fourth-order valence-corrected chi connectivity index (χ4v) is 3.31. The van der Waals surface area contributed by atoms with E-state index in [2.05, 4.69) is 0 Å². The molecule has 4 nitrogen and oxygen atoms in total. The standard InChI is InChI=1S/C10H7Cl3FNO3S/c11-7-1-5(2-8(12)10(7)14)15-4-6(3-9(15)16)19(13,17)18/h1-2,6H,3-4H2. The summed E-state index contributed by atoms with van der Waals surface area (Å²) in [7, 11) is 1.39. The largest absolute Gasteiger partial charge is 0.311 e. The Labute approximate surface area is 123 Å². The number of rotatable bonds is 2. The average Bonchev–Trinajstić information content (AvgIpc) is 2.67. The summed E-state index contributed by atoms with van der Waals surface area (Å²) in [5.74, 6) is -1.23. The summed E-state index contributed by atoms with van der Waals surface area (Å²) in [6.45, 7) is -0.108. The van der Waals surface area contributed by atoms with Crippen molar-refractivity contribution in [3.8, 4) is 0 Å². The highest BCUT2D eigenvalue weighted by Gasteiger charge is 2.38. The topological polar surface area (TPSA) is 54.5 Å². The van der Waals surface area contributed by atoms with E-state index in [1.54, 1.807) is 0 Å². The van der Waals surface area contributed by atoms with Crippen LogP contribution in [0.2, 0.25) is 10.0 Å². The Bertz CT molecular complexity index is 626. The molecule has 1 saturated heterocycles. The van der Waals surface area contributed by atoms with Crippen molar-refractivity contribution in [2.45, 2.75) is 11.7 Å². The lowest BCUT2D eigenvalue weighted by Crippen LogP contribution is -2.26. The lowest BCUT2D eigenvalue weighted by atomic mass is 10.3. The molecule has 19 heavy (non-hydrogen) atoms. The molecule has 1 fully saturated rings. The van der Waals surface area contributed by atoms with Crippen LogP contribution >= 0.6 is 33.9 Å². The zero-order valence-corrected chi connectivity index (χ0v) is 12.3. The lowest BCUT2D eigenvalue weighted by Gasteiger charge is -2.17. The number of hydrogen-bond acceptors (Lipinski definition) is 3. The van der Waals surface area contributed by atoms with Crippen LogP contribution in [0.15, 0.2) is 12.1 Å². The fourth-order valence-electron chi connectivity index (χ4n) is 1.81. The Balaban J connectivity index is 2.36. The molecular weight excluding hydrogens is 340 g/mol. The second-order valence-corrected chi connectivity index (χ2v) is 7.75. The summed E-state index contributed by atoms with van der Waals surface area (Å²) in [5, 5.41) is -1.48. The van der Waals surface area contributed by atoms with Gasteiger partial charge in [0.05, 0.1) is 10.0 Å². The van der Waals surface area contributed by atoms with E-state index in [-0.39, 0.29) is 28.7 Å². The Morgan fingerprint density at radius 2 is 1.79 bits per heavy atom. The van der Waals surface area contributed by atoms with E-state index in [1.807, 2.05) is 0 Å². The highest BCUT2D eigenvalue weighted by molar-refractivity contribution is 8.14. The second-order valence-electron chi connectivity index (χ2n) is 4.03. The quantitative estimate of drug-likeness (QED) is 0.611. The van der Waals surface area contributed by atoms with Crippen molar-refractivity contribution in [1.82, 2.24) is 0 Å². The third-order valence-corrected chi connectivity index (χ3v) is 5.19. The molecule has 0 saturated carbocycles. The van der Waals surface area contributed by atoms with Gasteiger partial charge in [0.1, 0.15) is 5.25 Å². The first kappa shape index (κ1) is 14.8. The third kappa shape index (κ3) is 2.97. The molecule has 9 heteroatoms. The van der Waals surface area contributed by atoms with Gasteiger partial charge in [-0.1, -0.05) is 23.2 Å². The minimum absolute atomic E-state index is 0.108. The Hall–Kier alpha value is -0.560. The molecule has 1 aliphatic rings. The second kappa shape index (κ2) is 5.09. The summed E-state index contributed by atoms with van der Waals surface area (Å²) in [6, 6.07) is 2.42. The summed E-state index contributed by atoms with van der Waals surface area (Å²) < 4.78 is 35.7. The molecule has 1 aromatic rings. The number of amides is 1. The normalized spacial score (nSPS) is 20.1. The molecule has 0 bridgehead atoms. The van der Waals surface area contributed by atoms with Crippen molar-refractivity contribution in [3.05, 3.63) is 28.0 Å². The molecule has 1 aliphatic heterocycles. The SMILES string of the molecule is O=C1CC(S(=O)(=O)Cl)CN1c1cc(Cl)c(F)c(Cl)c1. The zero-order valence-electron chi connectivity index (χ0n) is 9.24. The van der Waals surface area contributed by atoms with Gasteiger partial charge in [0, 0.05) is 29.3 Å². The molecule has 1 aromatic carbocycles. The van der Waals surface area contributed by atoms with Crippen molar-refractivity contribution in [3.63, 3.8) is 0 Å². The first-order valence-corrected chi connectivity index (χ1v) is 8.21. The number of carbonyl (C=O) groups excluding carboxylic acids is 1. The molecule has 1 unspecified atom stereocenters. The van der Waals surface area contributed by atoms with Gasteiger partial charge >= 0.3 is 0 Å². The van der Waals surface area contributed by atoms with Crippen LogP contribution < -0.4 is 4.90 Å². The molecule has 104 valence electrons. The van der Waals surface area contributed by atoms with Crippen LogP contribution in [0.3, 0.4) is 0 Å². The van der Waals surface area contributed by atoms with Crippen LogP contribution in [0.5, 0.6) is 0 Å². The van der Waals surface area contributed by atoms with Gasteiger partial charge in [0.15, 0.2) is 5.82 Å². The Morgan fingerprint density at radius 3 is 2.21 bits per heavy atom. The maximum absolute atomic E-state index is 13.3. The van der Waals surface area contributed by atoms with Gasteiger partial charge < -0.3 is 4.90 Å². The van der Waals surface area contributed by atoms with Crippen LogP contribution in [-0.2, 0) is 13.8 Å². The summed E-state index contributed by atoms with van der Waals surface area (Å²) in [6.07, 6.45) is -0.224. The van der Waals surface area contributed by atoms with Gasteiger partial charge in [-0.15, -0.1) is 0 Å². The van der Waals surface area contributed by atoms with Gasteiger partial charge in [-0.2, -0.15) is 0 Å². The van der Waals surface area contributed by atoms with Crippen molar-refractivity contribution < 1.29 is 17.6 Å². The van der Waals surface area contributed by atoms with Crippen LogP contribution in [0, 0.1) is 5.82 Å². The lowest BCUT2D eigenvalue weighted by molar-refractivity contribution is -0.117. The molecule has 0 aromatic heterocycles. The smallest absolute Gasteiger partial charge is 0.237 e. The maximum Gasteiger partial charge on any atom is 0.237 e. The monoisotopic (exact) mass is 345 g/mol. The minimum atomic E-state index is -3.84. The first-order valence-electron chi connectivity index (χ1n) is 5.08. The van der Waals surface area contributed by atoms with Gasteiger partial charge in [0.2, 0.25) is 15.0 Å². The number of nitrogens with zero attached hydrogens (tertiary/aromatic N) is 1. The zero-order chi connectivity index (χ0) is 14.4. The van der Waals surface area contributed by atoms with Gasteiger partial charge in [-0.25, -0.2) is 12.8 Å².